The van der Waals surface area contributed by atoms with E-state index >= 15 is 4.39 Å². The second-order valence-corrected chi connectivity index (χ2v) is 10.4. The quantitative estimate of drug-likeness (QED) is 0.344. The highest BCUT2D eigenvalue weighted by molar-refractivity contribution is 7.09. The molecule has 0 spiro atoms. The third-order valence-electron chi connectivity index (χ3n) is 6.92. The molecule has 35 heavy (non-hydrogen) atoms. The van der Waals surface area contributed by atoms with E-state index in [0.717, 1.165) is 24.1 Å². The van der Waals surface area contributed by atoms with Crippen LogP contribution in [0.3, 0.4) is 0 Å². The van der Waals surface area contributed by atoms with Crippen molar-refractivity contribution in [3.8, 4) is 11.4 Å². The summed E-state index contributed by atoms with van der Waals surface area (Å²) < 4.78 is 15.4. The minimum Gasteiger partial charge on any atom is -0.366 e. The molecule has 3 heterocycles. The monoisotopic (exact) mass is 511 g/mol. The molecular formula is C26H27ClFN5OS. The second kappa shape index (κ2) is 9.26. The number of nitrogens with zero attached hydrogens (tertiary/aromatic N) is 3. The van der Waals surface area contributed by atoms with Crippen molar-refractivity contribution >= 4 is 51.3 Å². The van der Waals surface area contributed by atoms with Crippen molar-refractivity contribution < 1.29 is 9.18 Å². The molecular weight excluding hydrogens is 485 g/mol. The standard InChI is InChI=1S/C26H27ClFN5OS/c1-14-10-33(11-15(2)32(14)4)23-8-6-18(16(3)24(23)28)26(34)29-17-5-7-20(27)19(9-17)25-30-21-12-35-13-22(21)31-25/h5-9,12-15H,10-11H2,1-4H3,(H,29,34)(H,30,31)/t14-,15+. The van der Waals surface area contributed by atoms with Crippen molar-refractivity contribution in [2.45, 2.75) is 32.9 Å². The first-order valence-corrected chi connectivity index (χ1v) is 12.8. The number of halogens is 2. The minimum absolute atomic E-state index is 0.302. The van der Waals surface area contributed by atoms with Gasteiger partial charge in [0, 0.05) is 52.7 Å². The van der Waals surface area contributed by atoms with Crippen molar-refractivity contribution in [2.75, 3.05) is 30.4 Å². The van der Waals surface area contributed by atoms with Gasteiger partial charge in [-0.15, -0.1) is 11.3 Å². The Morgan fingerprint density at radius 2 is 1.94 bits per heavy atom. The maximum atomic E-state index is 15.4. The summed E-state index contributed by atoms with van der Waals surface area (Å²) in [6.07, 6.45) is 0. The fourth-order valence-corrected chi connectivity index (χ4v) is 5.52. The number of piperazine rings is 1. The molecule has 1 aliphatic heterocycles. The molecule has 1 aliphatic rings. The van der Waals surface area contributed by atoms with Gasteiger partial charge in [-0.2, -0.15) is 0 Å². The zero-order valence-corrected chi connectivity index (χ0v) is 21.6. The molecule has 2 atom stereocenters. The van der Waals surface area contributed by atoms with Crippen LogP contribution < -0.4 is 10.2 Å². The number of benzene rings is 2. The average Bonchev–Trinajstić information content (AvgIpc) is 3.42. The molecule has 0 unspecified atom stereocenters. The Bertz CT molecular complexity index is 1380. The fourth-order valence-electron chi connectivity index (χ4n) is 4.62. The summed E-state index contributed by atoms with van der Waals surface area (Å²) in [5, 5.41) is 7.34. The third kappa shape index (κ3) is 4.42. The number of rotatable bonds is 4. The summed E-state index contributed by atoms with van der Waals surface area (Å²) in [4.78, 5) is 25.3. The van der Waals surface area contributed by atoms with Gasteiger partial charge in [0.15, 0.2) is 0 Å². The fraction of sp³-hybridized carbons (Fsp3) is 0.308. The number of hydrogen-bond acceptors (Lipinski definition) is 5. The van der Waals surface area contributed by atoms with E-state index < -0.39 is 0 Å². The summed E-state index contributed by atoms with van der Waals surface area (Å²) >= 11 is 7.99. The topological polar surface area (TPSA) is 64.3 Å². The van der Waals surface area contributed by atoms with Gasteiger partial charge in [-0.1, -0.05) is 11.6 Å². The van der Waals surface area contributed by atoms with E-state index in [9.17, 15) is 4.79 Å². The number of imidazole rings is 1. The van der Waals surface area contributed by atoms with E-state index in [4.69, 9.17) is 11.6 Å². The highest BCUT2D eigenvalue weighted by atomic mass is 35.5. The van der Waals surface area contributed by atoms with Gasteiger partial charge in [-0.25, -0.2) is 9.37 Å². The van der Waals surface area contributed by atoms with E-state index in [2.05, 4.69) is 46.0 Å². The molecule has 0 saturated carbocycles. The van der Waals surface area contributed by atoms with Crippen molar-refractivity contribution in [3.63, 3.8) is 0 Å². The summed E-state index contributed by atoms with van der Waals surface area (Å²) in [5.41, 5.74) is 4.21. The molecule has 5 rings (SSSR count). The third-order valence-corrected chi connectivity index (χ3v) is 7.98. The lowest BCUT2D eigenvalue weighted by Crippen LogP contribution is -2.55. The van der Waals surface area contributed by atoms with Crippen LogP contribution >= 0.6 is 22.9 Å². The first-order chi connectivity index (χ1) is 16.7. The highest BCUT2D eigenvalue weighted by Crippen LogP contribution is 2.32. The van der Waals surface area contributed by atoms with Crippen LogP contribution in [0.4, 0.5) is 15.8 Å². The van der Waals surface area contributed by atoms with Crippen LogP contribution in [0.15, 0.2) is 41.1 Å². The molecule has 0 radical (unpaired) electrons. The van der Waals surface area contributed by atoms with Gasteiger partial charge < -0.3 is 15.2 Å². The maximum absolute atomic E-state index is 15.4. The number of fused-ring (bicyclic) bond motifs is 1. The Hall–Kier alpha value is -2.94. The Morgan fingerprint density at radius 3 is 2.66 bits per heavy atom. The summed E-state index contributed by atoms with van der Waals surface area (Å²) in [6, 6.07) is 9.25. The van der Waals surface area contributed by atoms with Gasteiger partial charge >= 0.3 is 0 Å². The SMILES string of the molecule is Cc1c(C(=O)Nc2ccc(Cl)c(-c3nc4cscc4[nH]3)c2)ccc(N2C[C@@H](C)N(C)[C@@H](C)C2)c1F. The number of likely N-dealkylation sites (N-methyl/N-ethyl adjacent to an activating group) is 1. The molecule has 0 bridgehead atoms. The number of nitrogens with one attached hydrogen (secondary N) is 2. The van der Waals surface area contributed by atoms with Gasteiger partial charge in [-0.3, -0.25) is 9.69 Å². The smallest absolute Gasteiger partial charge is 0.256 e. The maximum Gasteiger partial charge on any atom is 0.256 e. The number of amides is 1. The van der Waals surface area contributed by atoms with Crippen molar-refractivity contribution in [2.24, 2.45) is 0 Å². The normalized spacial score (nSPS) is 18.9. The van der Waals surface area contributed by atoms with E-state index in [-0.39, 0.29) is 11.7 Å². The Balaban J connectivity index is 1.38. The van der Waals surface area contributed by atoms with Gasteiger partial charge in [-0.05, 0) is 63.7 Å². The van der Waals surface area contributed by atoms with Gasteiger partial charge in [0.05, 0.1) is 21.7 Å². The van der Waals surface area contributed by atoms with Crippen LogP contribution in [-0.2, 0) is 0 Å². The number of thiophene rings is 1. The van der Waals surface area contributed by atoms with Crippen LogP contribution in [0.1, 0.15) is 29.8 Å². The molecule has 2 N–H and O–H groups in total. The summed E-state index contributed by atoms with van der Waals surface area (Å²) in [6.45, 7) is 7.41. The van der Waals surface area contributed by atoms with Gasteiger partial charge in [0.1, 0.15) is 11.6 Å². The Kier molecular flexibility index (Phi) is 6.29. The molecule has 1 saturated heterocycles. The number of anilines is 2. The molecule has 6 nitrogen and oxygen atoms in total. The Labute approximate surface area is 212 Å². The molecule has 182 valence electrons. The Morgan fingerprint density at radius 1 is 1.20 bits per heavy atom. The largest absolute Gasteiger partial charge is 0.366 e. The van der Waals surface area contributed by atoms with Gasteiger partial charge in [0.2, 0.25) is 0 Å². The molecule has 2 aromatic heterocycles. The first-order valence-electron chi connectivity index (χ1n) is 11.5. The van der Waals surface area contributed by atoms with E-state index in [1.807, 2.05) is 10.8 Å². The first kappa shape index (κ1) is 23.8. The lowest BCUT2D eigenvalue weighted by Gasteiger charge is -2.43. The highest BCUT2D eigenvalue weighted by Gasteiger charge is 2.29. The predicted octanol–water partition coefficient (Wildman–Crippen LogP) is 6.17. The molecule has 2 aromatic carbocycles. The number of carbonyl (C=O) groups excluding carboxylic acids is 1. The number of carbonyl (C=O) groups is 1. The number of aromatic amines is 1. The van der Waals surface area contributed by atoms with Crippen LogP contribution in [-0.4, -0.2) is 53.0 Å². The van der Waals surface area contributed by atoms with Crippen LogP contribution in [0, 0.1) is 12.7 Å². The zero-order valence-electron chi connectivity index (χ0n) is 20.0. The average molecular weight is 512 g/mol. The van der Waals surface area contributed by atoms with Crippen LogP contribution in [0.5, 0.6) is 0 Å². The van der Waals surface area contributed by atoms with Gasteiger partial charge in [0.25, 0.3) is 5.91 Å². The van der Waals surface area contributed by atoms with Crippen molar-refractivity contribution in [1.82, 2.24) is 14.9 Å². The zero-order chi connectivity index (χ0) is 24.9. The lowest BCUT2D eigenvalue weighted by atomic mass is 10.0. The lowest BCUT2D eigenvalue weighted by molar-refractivity contribution is 0.102. The van der Waals surface area contributed by atoms with Crippen molar-refractivity contribution in [3.05, 3.63) is 63.1 Å². The second-order valence-electron chi connectivity index (χ2n) is 9.24. The molecule has 0 aliphatic carbocycles. The molecule has 9 heteroatoms. The summed E-state index contributed by atoms with van der Waals surface area (Å²) in [7, 11) is 2.10. The number of aromatic nitrogens is 2. The van der Waals surface area contributed by atoms with E-state index in [1.165, 1.54) is 0 Å². The molecule has 4 aromatic rings. The minimum atomic E-state index is -0.374. The van der Waals surface area contributed by atoms with E-state index in [1.54, 1.807) is 48.6 Å². The van der Waals surface area contributed by atoms with Crippen LogP contribution in [0.2, 0.25) is 5.02 Å². The van der Waals surface area contributed by atoms with E-state index in [0.29, 0.717) is 51.0 Å². The van der Waals surface area contributed by atoms with Crippen molar-refractivity contribution in [1.29, 1.82) is 0 Å². The molecule has 1 amide bonds. The number of hydrogen-bond donors (Lipinski definition) is 2. The number of H-pyrrole nitrogens is 1. The van der Waals surface area contributed by atoms with Crippen LogP contribution in [0.25, 0.3) is 22.4 Å². The summed E-state index contributed by atoms with van der Waals surface area (Å²) in [5.74, 6) is -0.0960. The predicted molar refractivity (Wildman–Crippen MR) is 142 cm³/mol. The molecule has 1 fully saturated rings.